The van der Waals surface area contributed by atoms with Gasteiger partial charge in [-0.25, -0.2) is 12.8 Å². The van der Waals surface area contributed by atoms with Crippen LogP contribution in [-0.4, -0.2) is 33.9 Å². The van der Waals surface area contributed by atoms with Crippen molar-refractivity contribution < 1.29 is 12.8 Å². The smallest absolute Gasteiger partial charge is 0.246 e. The van der Waals surface area contributed by atoms with Gasteiger partial charge in [0.1, 0.15) is 10.7 Å². The maximum absolute atomic E-state index is 14.2. The highest BCUT2D eigenvalue weighted by molar-refractivity contribution is 7.89. The maximum atomic E-state index is 14.2. The molecule has 0 aliphatic carbocycles. The van der Waals surface area contributed by atoms with Gasteiger partial charge in [-0.05, 0) is 43.2 Å². The summed E-state index contributed by atoms with van der Waals surface area (Å²) in [5.41, 5.74) is 0.638. The first kappa shape index (κ1) is 16.4. The molecule has 1 atom stereocenters. The van der Waals surface area contributed by atoms with E-state index in [-0.39, 0.29) is 9.92 Å². The number of pyridine rings is 1. The van der Waals surface area contributed by atoms with Crippen molar-refractivity contribution in [3.05, 3.63) is 59.3 Å². The number of hydrogen-bond donors (Lipinski definition) is 0. The van der Waals surface area contributed by atoms with Crippen LogP contribution < -0.4 is 0 Å². The molecule has 1 saturated heterocycles. The summed E-state index contributed by atoms with van der Waals surface area (Å²) in [4.78, 5) is -0.377. The predicted octanol–water partition coefficient (Wildman–Crippen LogP) is 3.05. The number of aromatic nitrogens is 3. The number of halogens is 2. The molecule has 9 heteroatoms. The van der Waals surface area contributed by atoms with Gasteiger partial charge in [-0.2, -0.15) is 4.31 Å². The van der Waals surface area contributed by atoms with Gasteiger partial charge < -0.3 is 0 Å². The van der Waals surface area contributed by atoms with E-state index in [4.69, 9.17) is 11.6 Å². The Morgan fingerprint density at radius 2 is 2.04 bits per heavy atom. The van der Waals surface area contributed by atoms with Gasteiger partial charge in [-0.15, -0.1) is 10.2 Å². The fourth-order valence-corrected chi connectivity index (χ4v) is 5.04. The molecule has 25 heavy (non-hydrogen) atoms. The van der Waals surface area contributed by atoms with Crippen LogP contribution in [0.3, 0.4) is 0 Å². The number of hydrogen-bond acceptors (Lipinski definition) is 4. The lowest BCUT2D eigenvalue weighted by molar-refractivity contribution is 0.379. The Morgan fingerprint density at radius 3 is 2.84 bits per heavy atom. The molecule has 0 saturated carbocycles. The van der Waals surface area contributed by atoms with Crippen molar-refractivity contribution >= 4 is 27.3 Å². The number of benzene rings is 1. The summed E-state index contributed by atoms with van der Waals surface area (Å²) < 4.78 is 43.2. The monoisotopic (exact) mass is 380 g/mol. The van der Waals surface area contributed by atoms with Crippen LogP contribution in [0.1, 0.15) is 24.7 Å². The van der Waals surface area contributed by atoms with Crippen LogP contribution in [0.4, 0.5) is 4.39 Å². The molecule has 130 valence electrons. The van der Waals surface area contributed by atoms with Gasteiger partial charge in [0.25, 0.3) is 0 Å². The molecule has 1 aliphatic rings. The molecule has 3 aromatic rings. The summed E-state index contributed by atoms with van der Waals surface area (Å²) in [5, 5.41) is 8.40. The summed E-state index contributed by atoms with van der Waals surface area (Å²) in [7, 11) is -4.01. The lowest BCUT2D eigenvalue weighted by Crippen LogP contribution is -2.32. The zero-order valence-electron chi connectivity index (χ0n) is 13.0. The largest absolute Gasteiger partial charge is 0.285 e. The van der Waals surface area contributed by atoms with Crippen molar-refractivity contribution in [1.82, 2.24) is 18.9 Å². The zero-order chi connectivity index (χ0) is 17.6. The summed E-state index contributed by atoms with van der Waals surface area (Å²) in [6.07, 6.45) is 3.06. The molecule has 4 rings (SSSR count). The van der Waals surface area contributed by atoms with Crippen molar-refractivity contribution in [1.29, 1.82) is 0 Å². The van der Waals surface area contributed by atoms with Crippen LogP contribution in [0.5, 0.6) is 0 Å². The summed E-state index contributed by atoms with van der Waals surface area (Å²) in [6, 6.07) is 8.54. The van der Waals surface area contributed by atoms with Gasteiger partial charge in [0.15, 0.2) is 11.5 Å². The van der Waals surface area contributed by atoms with Crippen molar-refractivity contribution in [2.45, 2.75) is 23.8 Å². The van der Waals surface area contributed by atoms with Crippen molar-refractivity contribution in [3.63, 3.8) is 0 Å². The molecule has 1 fully saturated rings. The van der Waals surface area contributed by atoms with Crippen LogP contribution in [0.2, 0.25) is 5.02 Å². The second-order valence-electron chi connectivity index (χ2n) is 5.84. The fraction of sp³-hybridized carbons (Fsp3) is 0.250. The van der Waals surface area contributed by atoms with Crippen LogP contribution in [-0.2, 0) is 10.0 Å². The van der Waals surface area contributed by atoms with E-state index < -0.39 is 21.9 Å². The molecule has 0 radical (unpaired) electrons. The van der Waals surface area contributed by atoms with Crippen molar-refractivity contribution in [2.24, 2.45) is 0 Å². The third-order valence-corrected chi connectivity index (χ3v) is 6.50. The SMILES string of the molecule is O=S(=O)(c1ccc(Cl)cc1F)N1CCCC1c1nnc2ccccn12. The van der Waals surface area contributed by atoms with Gasteiger partial charge >= 0.3 is 0 Å². The standard InChI is InChI=1S/C16H14ClFN4O2S/c17-11-6-7-14(12(18)10-11)25(23,24)22-9-3-4-13(22)16-20-19-15-5-1-2-8-21(15)16/h1-2,5-8,10,13H,3-4,9H2. The van der Waals surface area contributed by atoms with Crippen LogP contribution >= 0.6 is 11.6 Å². The van der Waals surface area contributed by atoms with E-state index in [0.717, 1.165) is 6.07 Å². The molecule has 0 bridgehead atoms. The van der Waals surface area contributed by atoms with E-state index in [2.05, 4.69) is 10.2 Å². The van der Waals surface area contributed by atoms with Crippen molar-refractivity contribution in [2.75, 3.05) is 6.54 Å². The topological polar surface area (TPSA) is 67.6 Å². The number of nitrogens with zero attached hydrogens (tertiary/aromatic N) is 4. The highest BCUT2D eigenvalue weighted by atomic mass is 35.5. The second-order valence-corrected chi connectivity index (χ2v) is 8.13. The second kappa shape index (κ2) is 6.05. The molecule has 2 aromatic heterocycles. The van der Waals surface area contributed by atoms with E-state index >= 15 is 0 Å². The Balaban J connectivity index is 1.79. The molecule has 3 heterocycles. The number of rotatable bonds is 3. The third kappa shape index (κ3) is 2.70. The Hall–Kier alpha value is -2.03. The molecule has 6 nitrogen and oxygen atoms in total. The molecule has 0 N–H and O–H groups in total. The normalized spacial score (nSPS) is 18.9. The molecular weight excluding hydrogens is 367 g/mol. The average Bonchev–Trinajstić information content (AvgIpc) is 3.21. The van der Waals surface area contributed by atoms with Gasteiger partial charge in [0.2, 0.25) is 10.0 Å². The van der Waals surface area contributed by atoms with Gasteiger partial charge in [-0.3, -0.25) is 4.40 Å². The van der Waals surface area contributed by atoms with E-state index in [1.807, 2.05) is 12.1 Å². The lowest BCUT2D eigenvalue weighted by atomic mass is 10.2. The first-order valence-electron chi connectivity index (χ1n) is 7.75. The van der Waals surface area contributed by atoms with Gasteiger partial charge in [0, 0.05) is 17.8 Å². The van der Waals surface area contributed by atoms with Gasteiger partial charge in [-0.1, -0.05) is 17.7 Å². The summed E-state index contributed by atoms with van der Waals surface area (Å²) in [6.45, 7) is 0.302. The molecular formula is C16H14ClFN4O2S. The molecule has 1 aliphatic heterocycles. The predicted molar refractivity (Wildman–Crippen MR) is 90.3 cm³/mol. The highest BCUT2D eigenvalue weighted by Gasteiger charge is 2.39. The van der Waals surface area contributed by atoms with Crippen LogP contribution in [0, 0.1) is 5.82 Å². The van der Waals surface area contributed by atoms with Crippen LogP contribution in [0.15, 0.2) is 47.5 Å². The summed E-state index contributed by atoms with van der Waals surface area (Å²) >= 11 is 5.73. The fourth-order valence-electron chi connectivity index (χ4n) is 3.18. The van der Waals surface area contributed by atoms with E-state index in [1.54, 1.807) is 16.7 Å². The average molecular weight is 381 g/mol. The first-order chi connectivity index (χ1) is 12.0. The minimum Gasteiger partial charge on any atom is -0.285 e. The Kier molecular flexibility index (Phi) is 3.98. The van der Waals surface area contributed by atoms with E-state index in [1.165, 1.54) is 16.4 Å². The maximum Gasteiger partial charge on any atom is 0.246 e. The molecule has 1 aromatic carbocycles. The van der Waals surface area contributed by atoms with Gasteiger partial charge in [0.05, 0.1) is 6.04 Å². The Bertz CT molecular complexity index is 1050. The number of sulfonamides is 1. The summed E-state index contributed by atoms with van der Waals surface area (Å²) in [5.74, 6) is -0.324. The van der Waals surface area contributed by atoms with E-state index in [0.29, 0.717) is 30.9 Å². The Labute approximate surface area is 148 Å². The Morgan fingerprint density at radius 1 is 1.20 bits per heavy atom. The minimum atomic E-state index is -4.01. The highest BCUT2D eigenvalue weighted by Crippen LogP contribution is 2.36. The molecule has 0 spiro atoms. The first-order valence-corrected chi connectivity index (χ1v) is 9.57. The quantitative estimate of drug-likeness (QED) is 0.700. The molecule has 0 amide bonds. The van der Waals surface area contributed by atoms with Crippen molar-refractivity contribution in [3.8, 4) is 0 Å². The van der Waals surface area contributed by atoms with E-state index in [9.17, 15) is 12.8 Å². The number of fused-ring (bicyclic) bond motifs is 1. The third-order valence-electron chi connectivity index (χ3n) is 4.32. The molecule has 1 unspecified atom stereocenters. The van der Waals surface area contributed by atoms with Crippen LogP contribution in [0.25, 0.3) is 5.65 Å². The minimum absolute atomic E-state index is 0.151. The zero-order valence-corrected chi connectivity index (χ0v) is 14.6. The lowest BCUT2D eigenvalue weighted by Gasteiger charge is -2.23.